The van der Waals surface area contributed by atoms with E-state index in [-0.39, 0.29) is 17.8 Å². The Hall–Kier alpha value is -2.24. The van der Waals surface area contributed by atoms with E-state index in [4.69, 9.17) is 16.0 Å². The first-order chi connectivity index (χ1) is 9.10. The Labute approximate surface area is 110 Å². The number of rotatable bonds is 4. The van der Waals surface area contributed by atoms with Crippen molar-refractivity contribution >= 4 is 17.5 Å². The number of carboxylic acids is 1. The highest BCUT2D eigenvalue weighted by Crippen LogP contribution is 2.28. The highest BCUT2D eigenvalue weighted by atomic mass is 16.4. The van der Waals surface area contributed by atoms with Crippen molar-refractivity contribution in [2.75, 3.05) is 5.32 Å². The van der Waals surface area contributed by atoms with E-state index in [1.54, 1.807) is 12.1 Å². The zero-order valence-corrected chi connectivity index (χ0v) is 10.4. The van der Waals surface area contributed by atoms with Crippen molar-refractivity contribution in [3.05, 3.63) is 29.8 Å². The molecule has 0 amide bonds. The van der Waals surface area contributed by atoms with E-state index in [0.717, 1.165) is 18.5 Å². The molecule has 0 radical (unpaired) electrons. The van der Waals surface area contributed by atoms with Crippen molar-refractivity contribution in [3.8, 4) is 0 Å². The molecule has 0 heterocycles. The van der Waals surface area contributed by atoms with Crippen LogP contribution in [0, 0.1) is 5.92 Å². The fraction of sp³-hybridized carbons (Fsp3) is 0.385. The van der Waals surface area contributed by atoms with Gasteiger partial charge in [-0.3, -0.25) is 4.79 Å². The van der Waals surface area contributed by atoms with Crippen LogP contribution in [0.2, 0.25) is 0 Å². The van der Waals surface area contributed by atoms with Crippen LogP contribution in [0.3, 0.4) is 0 Å². The topological polar surface area (TPSA) is 108 Å². The second-order valence-corrected chi connectivity index (χ2v) is 4.75. The maximum absolute atomic E-state index is 10.9. The Kier molecular flexibility index (Phi) is 3.89. The number of hydrogen-bond acceptors (Lipinski definition) is 4. The summed E-state index contributed by atoms with van der Waals surface area (Å²) in [7, 11) is 0. The fourth-order valence-electron chi connectivity index (χ4n) is 2.37. The van der Waals surface area contributed by atoms with Gasteiger partial charge in [0.2, 0.25) is 0 Å². The molecule has 1 saturated carbocycles. The molecule has 1 aromatic carbocycles. The predicted molar refractivity (Wildman–Crippen MR) is 71.3 cm³/mol. The molecule has 6 nitrogen and oxygen atoms in total. The van der Waals surface area contributed by atoms with Gasteiger partial charge in [-0.2, -0.15) is 0 Å². The molecule has 19 heavy (non-hydrogen) atoms. The highest BCUT2D eigenvalue weighted by Gasteiger charge is 2.29. The monoisotopic (exact) mass is 263 g/mol. The standard InChI is InChI=1S/C13H17N3O3/c14-12(16-19)8-1-4-10(5-2-8)15-11-6-3-9(7-11)13(17)18/h1-2,4-5,9,11,15,19H,3,6-7H2,(H2,14,16)(H,17,18). The number of nitrogens with one attached hydrogen (secondary N) is 1. The number of carboxylic acid groups (broad SMARTS) is 1. The largest absolute Gasteiger partial charge is 0.481 e. The SMILES string of the molecule is NC(=NO)c1ccc(NC2CCC(C(=O)O)C2)cc1. The molecular weight excluding hydrogens is 246 g/mol. The summed E-state index contributed by atoms with van der Waals surface area (Å²) in [5.74, 6) is -0.890. The first-order valence-electron chi connectivity index (χ1n) is 6.17. The molecule has 1 aliphatic carbocycles. The molecule has 2 rings (SSSR count). The molecule has 0 bridgehead atoms. The molecule has 2 unspecified atom stereocenters. The molecular formula is C13H17N3O3. The van der Waals surface area contributed by atoms with E-state index in [2.05, 4.69) is 10.5 Å². The normalized spacial score (nSPS) is 23.3. The van der Waals surface area contributed by atoms with Gasteiger partial charge in [-0.25, -0.2) is 0 Å². The Morgan fingerprint density at radius 2 is 2.00 bits per heavy atom. The number of anilines is 1. The van der Waals surface area contributed by atoms with Gasteiger partial charge in [0, 0.05) is 17.3 Å². The van der Waals surface area contributed by atoms with E-state index in [9.17, 15) is 4.79 Å². The average molecular weight is 263 g/mol. The van der Waals surface area contributed by atoms with Gasteiger partial charge < -0.3 is 21.4 Å². The Bertz CT molecular complexity index is 484. The number of benzene rings is 1. The zero-order chi connectivity index (χ0) is 13.8. The van der Waals surface area contributed by atoms with Crippen molar-refractivity contribution < 1.29 is 15.1 Å². The van der Waals surface area contributed by atoms with Crippen LogP contribution in [0.25, 0.3) is 0 Å². The van der Waals surface area contributed by atoms with Crippen molar-refractivity contribution in [3.63, 3.8) is 0 Å². The van der Waals surface area contributed by atoms with Gasteiger partial charge in [-0.05, 0) is 43.5 Å². The third-order valence-electron chi connectivity index (χ3n) is 3.44. The van der Waals surface area contributed by atoms with Crippen molar-refractivity contribution in [2.45, 2.75) is 25.3 Å². The van der Waals surface area contributed by atoms with Crippen LogP contribution in [0.4, 0.5) is 5.69 Å². The van der Waals surface area contributed by atoms with E-state index >= 15 is 0 Å². The molecule has 1 aliphatic rings. The lowest BCUT2D eigenvalue weighted by Crippen LogP contribution is -2.18. The summed E-state index contributed by atoms with van der Waals surface area (Å²) >= 11 is 0. The molecule has 0 aromatic heterocycles. The van der Waals surface area contributed by atoms with Gasteiger partial charge >= 0.3 is 5.97 Å². The van der Waals surface area contributed by atoms with Gasteiger partial charge in [0.25, 0.3) is 0 Å². The van der Waals surface area contributed by atoms with Gasteiger partial charge in [0.15, 0.2) is 5.84 Å². The Balaban J connectivity index is 1.95. The number of nitrogens with zero attached hydrogens (tertiary/aromatic N) is 1. The second kappa shape index (κ2) is 5.60. The molecule has 6 heteroatoms. The van der Waals surface area contributed by atoms with Crippen LogP contribution >= 0.6 is 0 Å². The number of carbonyl (C=O) groups is 1. The minimum absolute atomic E-state index is 0.0679. The Morgan fingerprint density at radius 3 is 2.53 bits per heavy atom. The fourth-order valence-corrected chi connectivity index (χ4v) is 2.37. The quantitative estimate of drug-likeness (QED) is 0.284. The highest BCUT2D eigenvalue weighted by molar-refractivity contribution is 5.97. The summed E-state index contributed by atoms with van der Waals surface area (Å²) in [5, 5.41) is 23.7. The van der Waals surface area contributed by atoms with Crippen LogP contribution in [0.5, 0.6) is 0 Å². The molecule has 0 saturated heterocycles. The number of aliphatic carboxylic acids is 1. The van der Waals surface area contributed by atoms with Gasteiger partial charge in [-0.15, -0.1) is 0 Å². The lowest BCUT2D eigenvalue weighted by atomic mass is 10.1. The molecule has 5 N–H and O–H groups in total. The van der Waals surface area contributed by atoms with Crippen LogP contribution < -0.4 is 11.1 Å². The molecule has 102 valence electrons. The van der Waals surface area contributed by atoms with Crippen LogP contribution in [-0.4, -0.2) is 28.2 Å². The van der Waals surface area contributed by atoms with Gasteiger partial charge in [0.05, 0.1) is 5.92 Å². The molecule has 0 spiro atoms. The van der Waals surface area contributed by atoms with Crippen molar-refractivity contribution in [1.29, 1.82) is 0 Å². The summed E-state index contributed by atoms with van der Waals surface area (Å²) in [5.41, 5.74) is 7.02. The summed E-state index contributed by atoms with van der Waals surface area (Å²) in [6, 6.07) is 7.36. The van der Waals surface area contributed by atoms with Crippen molar-refractivity contribution in [2.24, 2.45) is 16.8 Å². The van der Waals surface area contributed by atoms with Crippen LogP contribution in [-0.2, 0) is 4.79 Å². The third-order valence-corrected chi connectivity index (χ3v) is 3.44. The maximum Gasteiger partial charge on any atom is 0.306 e. The lowest BCUT2D eigenvalue weighted by molar-refractivity contribution is -0.141. The maximum atomic E-state index is 10.9. The van der Waals surface area contributed by atoms with Gasteiger partial charge in [-0.1, -0.05) is 5.16 Å². The zero-order valence-electron chi connectivity index (χ0n) is 10.4. The molecule has 2 atom stereocenters. The number of nitrogens with two attached hydrogens (primary N) is 1. The predicted octanol–water partition coefficient (Wildman–Crippen LogP) is 1.45. The first-order valence-corrected chi connectivity index (χ1v) is 6.17. The minimum Gasteiger partial charge on any atom is -0.481 e. The van der Waals surface area contributed by atoms with Crippen LogP contribution in [0.1, 0.15) is 24.8 Å². The number of amidine groups is 1. The van der Waals surface area contributed by atoms with E-state index in [0.29, 0.717) is 12.0 Å². The summed E-state index contributed by atoms with van der Waals surface area (Å²) in [4.78, 5) is 10.9. The van der Waals surface area contributed by atoms with Crippen LogP contribution in [0.15, 0.2) is 29.4 Å². The Morgan fingerprint density at radius 1 is 1.32 bits per heavy atom. The number of oxime groups is 1. The lowest BCUT2D eigenvalue weighted by Gasteiger charge is -2.14. The molecule has 0 aliphatic heterocycles. The summed E-state index contributed by atoms with van der Waals surface area (Å²) < 4.78 is 0. The summed E-state index contributed by atoms with van der Waals surface area (Å²) in [6.07, 6.45) is 2.23. The number of hydrogen-bond donors (Lipinski definition) is 4. The average Bonchev–Trinajstić information content (AvgIpc) is 2.87. The van der Waals surface area contributed by atoms with E-state index in [1.807, 2.05) is 12.1 Å². The summed E-state index contributed by atoms with van der Waals surface area (Å²) in [6.45, 7) is 0. The molecule has 1 fully saturated rings. The second-order valence-electron chi connectivity index (χ2n) is 4.75. The van der Waals surface area contributed by atoms with Crippen molar-refractivity contribution in [1.82, 2.24) is 0 Å². The van der Waals surface area contributed by atoms with E-state index < -0.39 is 5.97 Å². The third kappa shape index (κ3) is 3.15. The first kappa shape index (κ1) is 13.2. The van der Waals surface area contributed by atoms with E-state index in [1.165, 1.54) is 0 Å². The minimum atomic E-state index is -0.716. The molecule has 1 aromatic rings. The van der Waals surface area contributed by atoms with Gasteiger partial charge in [0.1, 0.15) is 0 Å². The smallest absolute Gasteiger partial charge is 0.306 e.